The monoisotopic (exact) mass is 324 g/mol. The molecule has 6 nitrogen and oxygen atoms in total. The van der Waals surface area contributed by atoms with Crippen LogP contribution in [0.25, 0.3) is 0 Å². The fourth-order valence-electron chi connectivity index (χ4n) is 1.63. The number of nitrogens with zero attached hydrogens (tertiary/aromatic N) is 3. The molecule has 0 aliphatic carbocycles. The molecule has 0 aliphatic rings. The molecule has 2 aromatic rings. The summed E-state index contributed by atoms with van der Waals surface area (Å²) in [6.45, 7) is 0.638. The fraction of sp³-hybridized carbons (Fsp3) is 0.250. The van der Waals surface area contributed by atoms with E-state index in [1.807, 2.05) is 13.1 Å². The van der Waals surface area contributed by atoms with E-state index in [9.17, 15) is 4.79 Å². The first-order valence-corrected chi connectivity index (χ1v) is 6.46. The van der Waals surface area contributed by atoms with E-state index in [0.717, 1.165) is 16.0 Å². The molecule has 2 rings (SSSR count). The molecular weight excluding hydrogens is 312 g/mol. The summed E-state index contributed by atoms with van der Waals surface area (Å²) >= 11 is 3.29. The predicted molar refractivity (Wildman–Crippen MR) is 74.3 cm³/mol. The van der Waals surface area contributed by atoms with Crippen LogP contribution in [0.3, 0.4) is 0 Å². The van der Waals surface area contributed by atoms with Crippen LogP contribution in [0.1, 0.15) is 16.2 Å². The van der Waals surface area contributed by atoms with Crippen molar-refractivity contribution in [3.8, 4) is 0 Å². The van der Waals surface area contributed by atoms with Gasteiger partial charge in [-0.15, -0.1) is 0 Å². The topological polar surface area (TPSA) is 80.0 Å². The lowest BCUT2D eigenvalue weighted by Gasteiger charge is -2.07. The fourth-order valence-corrected chi connectivity index (χ4v) is 2.13. The van der Waals surface area contributed by atoms with Gasteiger partial charge in [0.2, 0.25) is 0 Å². The van der Waals surface area contributed by atoms with Gasteiger partial charge in [-0.2, -0.15) is 5.10 Å². The van der Waals surface area contributed by atoms with Crippen LogP contribution in [0.2, 0.25) is 0 Å². The second-order valence-corrected chi connectivity index (χ2v) is 4.96. The lowest BCUT2D eigenvalue weighted by Crippen LogP contribution is -2.07. The van der Waals surface area contributed by atoms with E-state index < -0.39 is 5.97 Å². The Morgan fingerprint density at radius 1 is 1.47 bits per heavy atom. The predicted octanol–water partition coefficient (Wildman–Crippen LogP) is 1.93. The second kappa shape index (κ2) is 5.83. The average molecular weight is 325 g/mol. The zero-order valence-electron chi connectivity index (χ0n) is 10.3. The van der Waals surface area contributed by atoms with E-state index in [-0.39, 0.29) is 5.56 Å². The zero-order chi connectivity index (χ0) is 13.8. The first-order chi connectivity index (χ1) is 9.04. The minimum Gasteiger partial charge on any atom is -0.478 e. The SMILES string of the molecule is Cn1cnc(CCNc2cc(Br)cc(C(=O)O)c2)n1. The van der Waals surface area contributed by atoms with E-state index in [4.69, 9.17) is 5.11 Å². The maximum atomic E-state index is 10.9. The Morgan fingerprint density at radius 3 is 2.89 bits per heavy atom. The highest BCUT2D eigenvalue weighted by Crippen LogP contribution is 2.19. The summed E-state index contributed by atoms with van der Waals surface area (Å²) in [5, 5.41) is 16.3. The van der Waals surface area contributed by atoms with E-state index in [0.29, 0.717) is 13.0 Å². The average Bonchev–Trinajstić information content (AvgIpc) is 2.74. The zero-order valence-corrected chi connectivity index (χ0v) is 11.9. The van der Waals surface area contributed by atoms with Crippen LogP contribution in [0.5, 0.6) is 0 Å². The molecule has 0 bridgehead atoms. The molecule has 2 N–H and O–H groups in total. The number of halogens is 1. The quantitative estimate of drug-likeness (QED) is 0.878. The third-order valence-corrected chi connectivity index (χ3v) is 2.93. The summed E-state index contributed by atoms with van der Waals surface area (Å²) in [5.74, 6) is -0.195. The van der Waals surface area contributed by atoms with E-state index >= 15 is 0 Å². The normalized spacial score (nSPS) is 10.4. The molecule has 19 heavy (non-hydrogen) atoms. The molecule has 0 radical (unpaired) electrons. The number of carboxylic acids is 1. The smallest absolute Gasteiger partial charge is 0.335 e. The van der Waals surface area contributed by atoms with Gasteiger partial charge in [0, 0.05) is 30.2 Å². The number of aromatic carboxylic acids is 1. The number of hydrogen-bond acceptors (Lipinski definition) is 4. The Morgan fingerprint density at radius 2 is 2.26 bits per heavy atom. The number of anilines is 1. The standard InChI is InChI=1S/C12H13BrN4O2/c1-17-7-15-11(16-17)2-3-14-10-5-8(12(18)19)4-9(13)6-10/h4-7,14H,2-3H2,1H3,(H,18,19). The van der Waals surface area contributed by atoms with E-state index in [1.54, 1.807) is 23.1 Å². The van der Waals surface area contributed by atoms with Gasteiger partial charge in [0.05, 0.1) is 5.56 Å². The Labute approximate surface area is 118 Å². The minimum absolute atomic E-state index is 0.243. The number of aryl methyl sites for hydroxylation is 1. The molecule has 0 fully saturated rings. The van der Waals surface area contributed by atoms with Crippen molar-refractivity contribution in [1.82, 2.24) is 14.8 Å². The van der Waals surface area contributed by atoms with Gasteiger partial charge in [0.15, 0.2) is 5.82 Å². The van der Waals surface area contributed by atoms with Crippen LogP contribution < -0.4 is 5.32 Å². The third-order valence-electron chi connectivity index (χ3n) is 2.47. The number of hydrogen-bond donors (Lipinski definition) is 2. The highest BCUT2D eigenvalue weighted by molar-refractivity contribution is 9.10. The molecule has 0 aliphatic heterocycles. The molecule has 0 unspecified atom stereocenters. The van der Waals surface area contributed by atoms with Gasteiger partial charge in [-0.05, 0) is 18.2 Å². The molecular formula is C12H13BrN4O2. The summed E-state index contributed by atoms with van der Waals surface area (Å²) in [4.78, 5) is 15.1. The van der Waals surface area contributed by atoms with Crippen LogP contribution in [-0.2, 0) is 13.5 Å². The number of carboxylic acid groups (broad SMARTS) is 1. The van der Waals surface area contributed by atoms with Gasteiger partial charge in [-0.1, -0.05) is 15.9 Å². The molecule has 1 aromatic carbocycles. The molecule has 1 aromatic heterocycles. The summed E-state index contributed by atoms with van der Waals surface area (Å²) in [6, 6.07) is 4.99. The van der Waals surface area contributed by atoms with Crippen molar-refractivity contribution in [2.75, 3.05) is 11.9 Å². The Bertz CT molecular complexity index is 597. The lowest BCUT2D eigenvalue weighted by atomic mass is 10.2. The summed E-state index contributed by atoms with van der Waals surface area (Å²) in [5.41, 5.74) is 0.996. The van der Waals surface area contributed by atoms with Crippen molar-refractivity contribution in [3.05, 3.63) is 40.4 Å². The Balaban J connectivity index is 1.97. The van der Waals surface area contributed by atoms with Crippen molar-refractivity contribution in [2.24, 2.45) is 7.05 Å². The summed E-state index contributed by atoms with van der Waals surface area (Å²) < 4.78 is 2.38. The van der Waals surface area contributed by atoms with E-state index in [1.165, 1.54) is 0 Å². The van der Waals surface area contributed by atoms with Crippen molar-refractivity contribution in [1.29, 1.82) is 0 Å². The van der Waals surface area contributed by atoms with Crippen molar-refractivity contribution < 1.29 is 9.90 Å². The third kappa shape index (κ3) is 3.78. The number of carbonyl (C=O) groups is 1. The highest BCUT2D eigenvalue weighted by Gasteiger charge is 2.06. The summed E-state index contributed by atoms with van der Waals surface area (Å²) in [6.07, 6.45) is 2.33. The molecule has 100 valence electrons. The molecule has 0 saturated heterocycles. The molecule has 0 atom stereocenters. The van der Waals surface area contributed by atoms with Crippen molar-refractivity contribution >= 4 is 27.6 Å². The molecule has 1 heterocycles. The van der Waals surface area contributed by atoms with Gasteiger partial charge in [-0.25, -0.2) is 9.78 Å². The summed E-state index contributed by atoms with van der Waals surface area (Å²) in [7, 11) is 1.82. The van der Waals surface area contributed by atoms with Crippen LogP contribution in [0.4, 0.5) is 5.69 Å². The van der Waals surface area contributed by atoms with Gasteiger partial charge in [-0.3, -0.25) is 4.68 Å². The van der Waals surface area contributed by atoms with Gasteiger partial charge in [0.1, 0.15) is 6.33 Å². The number of benzene rings is 1. The number of aromatic nitrogens is 3. The van der Waals surface area contributed by atoms with Crippen LogP contribution in [0, 0.1) is 0 Å². The molecule has 0 spiro atoms. The van der Waals surface area contributed by atoms with E-state index in [2.05, 4.69) is 31.3 Å². The Kier molecular flexibility index (Phi) is 4.16. The molecule has 7 heteroatoms. The number of rotatable bonds is 5. The first kappa shape index (κ1) is 13.5. The van der Waals surface area contributed by atoms with Crippen molar-refractivity contribution in [2.45, 2.75) is 6.42 Å². The van der Waals surface area contributed by atoms with Gasteiger partial charge >= 0.3 is 5.97 Å². The molecule has 0 amide bonds. The van der Waals surface area contributed by atoms with Crippen LogP contribution in [0.15, 0.2) is 29.0 Å². The van der Waals surface area contributed by atoms with Crippen LogP contribution >= 0.6 is 15.9 Å². The second-order valence-electron chi connectivity index (χ2n) is 4.04. The van der Waals surface area contributed by atoms with Gasteiger partial charge < -0.3 is 10.4 Å². The maximum absolute atomic E-state index is 10.9. The van der Waals surface area contributed by atoms with Crippen molar-refractivity contribution in [3.63, 3.8) is 0 Å². The first-order valence-electron chi connectivity index (χ1n) is 5.67. The maximum Gasteiger partial charge on any atom is 0.335 e. The minimum atomic E-state index is -0.948. The Hall–Kier alpha value is -1.89. The largest absolute Gasteiger partial charge is 0.478 e. The molecule has 0 saturated carbocycles. The highest BCUT2D eigenvalue weighted by atomic mass is 79.9. The van der Waals surface area contributed by atoms with Gasteiger partial charge in [0.25, 0.3) is 0 Å². The lowest BCUT2D eigenvalue weighted by molar-refractivity contribution is 0.0697. The van der Waals surface area contributed by atoms with Crippen LogP contribution in [-0.4, -0.2) is 32.4 Å². The number of nitrogens with one attached hydrogen (secondary N) is 1.